The number of nitrogens with one attached hydrogen (secondary N) is 1. The molecule has 0 bridgehead atoms. The predicted molar refractivity (Wildman–Crippen MR) is 84.3 cm³/mol. The van der Waals surface area contributed by atoms with Gasteiger partial charge in [0, 0.05) is 5.56 Å². The standard InChI is InChI=1S/C17H28N2O/c1-4-11-19(12-5-2)15-13-20-16-10-8-7-9-14(16)17(15)18-6-3/h7-10,15,17-18H,4-6,11-13H2,1-3H3. The number of hydrogen-bond acceptors (Lipinski definition) is 3. The van der Waals surface area contributed by atoms with E-state index in [0.717, 1.165) is 32.0 Å². The van der Waals surface area contributed by atoms with Gasteiger partial charge in [0.15, 0.2) is 0 Å². The van der Waals surface area contributed by atoms with Crippen LogP contribution in [0.4, 0.5) is 0 Å². The first-order chi connectivity index (χ1) is 9.81. The van der Waals surface area contributed by atoms with Gasteiger partial charge in [-0.3, -0.25) is 4.90 Å². The molecular weight excluding hydrogens is 248 g/mol. The van der Waals surface area contributed by atoms with Gasteiger partial charge < -0.3 is 10.1 Å². The maximum atomic E-state index is 6.00. The lowest BCUT2D eigenvalue weighted by atomic mass is 9.94. The van der Waals surface area contributed by atoms with Gasteiger partial charge in [0.25, 0.3) is 0 Å². The molecule has 0 aromatic heterocycles. The van der Waals surface area contributed by atoms with E-state index in [2.05, 4.69) is 55.3 Å². The Morgan fingerprint density at radius 3 is 2.50 bits per heavy atom. The van der Waals surface area contributed by atoms with Crippen molar-refractivity contribution in [3.8, 4) is 5.75 Å². The number of para-hydroxylation sites is 1. The molecule has 1 aliphatic rings. The van der Waals surface area contributed by atoms with E-state index in [1.807, 2.05) is 0 Å². The molecule has 1 aromatic carbocycles. The lowest BCUT2D eigenvalue weighted by Gasteiger charge is -2.41. The van der Waals surface area contributed by atoms with E-state index in [1.165, 1.54) is 18.4 Å². The molecule has 2 unspecified atom stereocenters. The quantitative estimate of drug-likeness (QED) is 0.827. The number of rotatable bonds is 7. The van der Waals surface area contributed by atoms with Gasteiger partial charge in [-0.25, -0.2) is 0 Å². The molecule has 3 nitrogen and oxygen atoms in total. The topological polar surface area (TPSA) is 24.5 Å². The fraction of sp³-hybridized carbons (Fsp3) is 0.647. The van der Waals surface area contributed by atoms with E-state index in [1.54, 1.807) is 0 Å². The summed E-state index contributed by atoms with van der Waals surface area (Å²) in [4.78, 5) is 2.59. The molecule has 0 fully saturated rings. The Kier molecular flexibility index (Phi) is 5.86. The van der Waals surface area contributed by atoms with Crippen molar-refractivity contribution in [1.82, 2.24) is 10.2 Å². The van der Waals surface area contributed by atoms with Gasteiger partial charge in [-0.05, 0) is 38.5 Å². The van der Waals surface area contributed by atoms with Crippen molar-refractivity contribution in [2.75, 3.05) is 26.2 Å². The highest BCUT2D eigenvalue weighted by Gasteiger charge is 2.33. The molecule has 112 valence electrons. The molecule has 1 heterocycles. The van der Waals surface area contributed by atoms with Crippen molar-refractivity contribution < 1.29 is 4.74 Å². The van der Waals surface area contributed by atoms with Gasteiger partial charge in [-0.2, -0.15) is 0 Å². The van der Waals surface area contributed by atoms with Crippen LogP contribution in [0.5, 0.6) is 5.75 Å². The van der Waals surface area contributed by atoms with Crippen LogP contribution in [0.25, 0.3) is 0 Å². The van der Waals surface area contributed by atoms with E-state index < -0.39 is 0 Å². The molecule has 0 spiro atoms. The number of ether oxygens (including phenoxy) is 1. The SMILES string of the molecule is CCCN(CCC)C1COc2ccccc2C1NCC. The molecule has 0 radical (unpaired) electrons. The Morgan fingerprint density at radius 2 is 1.85 bits per heavy atom. The number of benzene rings is 1. The van der Waals surface area contributed by atoms with Crippen molar-refractivity contribution in [3.05, 3.63) is 29.8 Å². The first-order valence-corrected chi connectivity index (χ1v) is 8.00. The number of nitrogens with zero attached hydrogens (tertiary/aromatic N) is 1. The van der Waals surface area contributed by atoms with Crippen LogP contribution in [0.2, 0.25) is 0 Å². The van der Waals surface area contributed by atoms with Crippen LogP contribution in [0.3, 0.4) is 0 Å². The van der Waals surface area contributed by atoms with Gasteiger partial charge in [0.05, 0.1) is 12.1 Å². The second kappa shape index (κ2) is 7.65. The predicted octanol–water partition coefficient (Wildman–Crippen LogP) is 3.22. The highest BCUT2D eigenvalue weighted by atomic mass is 16.5. The molecule has 2 rings (SSSR count). The third-order valence-electron chi connectivity index (χ3n) is 3.96. The van der Waals surface area contributed by atoms with Crippen LogP contribution in [-0.2, 0) is 0 Å². The molecule has 1 aromatic rings. The summed E-state index contributed by atoms with van der Waals surface area (Å²) in [6, 6.07) is 9.26. The zero-order valence-electron chi connectivity index (χ0n) is 13.1. The Balaban J connectivity index is 2.24. The van der Waals surface area contributed by atoms with Crippen molar-refractivity contribution in [2.24, 2.45) is 0 Å². The van der Waals surface area contributed by atoms with Crippen LogP contribution in [0, 0.1) is 0 Å². The zero-order chi connectivity index (χ0) is 14.4. The summed E-state index contributed by atoms with van der Waals surface area (Å²) in [6.45, 7) is 10.7. The smallest absolute Gasteiger partial charge is 0.124 e. The first-order valence-electron chi connectivity index (χ1n) is 8.00. The van der Waals surface area contributed by atoms with Crippen LogP contribution in [0.1, 0.15) is 45.2 Å². The number of fused-ring (bicyclic) bond motifs is 1. The minimum Gasteiger partial charge on any atom is -0.492 e. The van der Waals surface area contributed by atoms with Crippen LogP contribution in [-0.4, -0.2) is 37.2 Å². The molecule has 0 aliphatic carbocycles. The molecule has 1 aliphatic heterocycles. The molecule has 0 saturated heterocycles. The Labute approximate surface area is 123 Å². The second-order valence-electron chi connectivity index (χ2n) is 5.49. The molecule has 0 amide bonds. The maximum Gasteiger partial charge on any atom is 0.124 e. The summed E-state index contributed by atoms with van der Waals surface area (Å²) in [6.07, 6.45) is 2.38. The summed E-state index contributed by atoms with van der Waals surface area (Å²) in [7, 11) is 0. The van der Waals surface area contributed by atoms with E-state index in [9.17, 15) is 0 Å². The average molecular weight is 276 g/mol. The fourth-order valence-corrected chi connectivity index (χ4v) is 3.15. The van der Waals surface area contributed by atoms with E-state index in [4.69, 9.17) is 4.74 Å². The molecule has 20 heavy (non-hydrogen) atoms. The Morgan fingerprint density at radius 1 is 1.15 bits per heavy atom. The van der Waals surface area contributed by atoms with E-state index >= 15 is 0 Å². The van der Waals surface area contributed by atoms with Gasteiger partial charge in [0.1, 0.15) is 12.4 Å². The summed E-state index contributed by atoms with van der Waals surface area (Å²) in [5.41, 5.74) is 1.31. The largest absolute Gasteiger partial charge is 0.492 e. The molecule has 3 heteroatoms. The van der Waals surface area contributed by atoms with Crippen molar-refractivity contribution in [2.45, 2.75) is 45.7 Å². The summed E-state index contributed by atoms with van der Waals surface area (Å²) < 4.78 is 6.00. The summed E-state index contributed by atoms with van der Waals surface area (Å²) >= 11 is 0. The highest BCUT2D eigenvalue weighted by molar-refractivity contribution is 5.38. The Bertz CT molecular complexity index is 402. The van der Waals surface area contributed by atoms with Crippen molar-refractivity contribution in [1.29, 1.82) is 0 Å². The maximum absolute atomic E-state index is 6.00. The third-order valence-corrected chi connectivity index (χ3v) is 3.96. The van der Waals surface area contributed by atoms with Gasteiger partial charge in [-0.15, -0.1) is 0 Å². The molecule has 2 atom stereocenters. The van der Waals surface area contributed by atoms with E-state index in [-0.39, 0.29) is 0 Å². The number of hydrogen-bond donors (Lipinski definition) is 1. The van der Waals surface area contributed by atoms with Crippen LogP contribution >= 0.6 is 0 Å². The highest BCUT2D eigenvalue weighted by Crippen LogP contribution is 2.34. The minimum atomic E-state index is 0.378. The minimum absolute atomic E-state index is 0.378. The first kappa shape index (κ1) is 15.3. The van der Waals surface area contributed by atoms with Crippen molar-refractivity contribution >= 4 is 0 Å². The summed E-state index contributed by atoms with van der Waals surface area (Å²) in [5.74, 6) is 1.04. The molecule has 0 saturated carbocycles. The third kappa shape index (κ3) is 3.33. The normalized spacial score (nSPS) is 21.6. The fourth-order valence-electron chi connectivity index (χ4n) is 3.15. The van der Waals surface area contributed by atoms with Crippen molar-refractivity contribution in [3.63, 3.8) is 0 Å². The monoisotopic (exact) mass is 276 g/mol. The zero-order valence-corrected chi connectivity index (χ0v) is 13.1. The van der Waals surface area contributed by atoms with Crippen LogP contribution in [0.15, 0.2) is 24.3 Å². The average Bonchev–Trinajstić information content (AvgIpc) is 2.48. The van der Waals surface area contributed by atoms with Gasteiger partial charge in [0.2, 0.25) is 0 Å². The van der Waals surface area contributed by atoms with Gasteiger partial charge in [-0.1, -0.05) is 39.0 Å². The number of likely N-dealkylation sites (N-methyl/N-ethyl adjacent to an activating group) is 1. The lowest BCUT2D eigenvalue weighted by molar-refractivity contribution is 0.0858. The van der Waals surface area contributed by atoms with E-state index in [0.29, 0.717) is 12.1 Å². The molecule has 1 N–H and O–H groups in total. The van der Waals surface area contributed by atoms with Gasteiger partial charge >= 0.3 is 0 Å². The molecular formula is C17H28N2O. The lowest BCUT2D eigenvalue weighted by Crippen LogP contribution is -2.50. The van der Waals surface area contributed by atoms with Crippen LogP contribution < -0.4 is 10.1 Å². The second-order valence-corrected chi connectivity index (χ2v) is 5.49. The Hall–Kier alpha value is -1.06. The summed E-state index contributed by atoms with van der Waals surface area (Å²) in [5, 5.41) is 3.67.